The summed E-state index contributed by atoms with van der Waals surface area (Å²) < 4.78 is 14.6. The lowest BCUT2D eigenvalue weighted by molar-refractivity contribution is -0.383. The third-order valence-electron chi connectivity index (χ3n) is 2.96. The number of hydrogen-bond donors (Lipinski definition) is 1. The van der Waals surface area contributed by atoms with Crippen LogP contribution in [0.15, 0.2) is 48.5 Å². The van der Waals surface area contributed by atoms with Crippen LogP contribution in [0.25, 0.3) is 0 Å². The standard InChI is InChI=1S/C17H16N2O3S/c1-13(2)23(22)18-16-12-15(10-11-17(16)19(20)21)9-8-14-6-4-3-5-7-14/h3-7,10-13,18H,1-2H3. The molecule has 1 unspecified atom stereocenters. The van der Waals surface area contributed by atoms with Crippen molar-refractivity contribution >= 4 is 22.4 Å². The first-order valence-corrected chi connectivity index (χ1v) is 8.21. The minimum absolute atomic E-state index is 0.121. The Kier molecular flexibility index (Phi) is 5.50. The Labute approximate surface area is 137 Å². The maximum absolute atomic E-state index is 11.9. The first kappa shape index (κ1) is 16.7. The molecular weight excluding hydrogens is 312 g/mol. The maximum Gasteiger partial charge on any atom is 0.293 e. The highest BCUT2D eigenvalue weighted by atomic mass is 32.2. The zero-order chi connectivity index (χ0) is 16.8. The summed E-state index contributed by atoms with van der Waals surface area (Å²) in [5.74, 6) is 5.95. The van der Waals surface area contributed by atoms with Crippen molar-refractivity contribution < 1.29 is 9.13 Å². The molecule has 0 amide bonds. The molecule has 23 heavy (non-hydrogen) atoms. The second kappa shape index (κ2) is 7.56. The molecule has 0 aliphatic carbocycles. The Morgan fingerprint density at radius 1 is 1.09 bits per heavy atom. The van der Waals surface area contributed by atoms with Gasteiger partial charge in [0.2, 0.25) is 0 Å². The summed E-state index contributed by atoms with van der Waals surface area (Å²) in [6.07, 6.45) is 0. The fourth-order valence-corrected chi connectivity index (χ4v) is 2.36. The topological polar surface area (TPSA) is 72.2 Å². The van der Waals surface area contributed by atoms with Crippen molar-refractivity contribution in [3.8, 4) is 11.8 Å². The van der Waals surface area contributed by atoms with Gasteiger partial charge >= 0.3 is 0 Å². The largest absolute Gasteiger partial charge is 0.299 e. The minimum atomic E-state index is -1.40. The zero-order valence-corrected chi connectivity index (χ0v) is 13.6. The van der Waals surface area contributed by atoms with E-state index >= 15 is 0 Å². The molecule has 2 aromatic carbocycles. The lowest BCUT2D eigenvalue weighted by atomic mass is 10.1. The molecule has 0 aliphatic rings. The molecule has 2 aromatic rings. The van der Waals surface area contributed by atoms with Crippen LogP contribution < -0.4 is 4.72 Å². The quantitative estimate of drug-likeness (QED) is 0.530. The summed E-state index contributed by atoms with van der Waals surface area (Å²) in [6, 6.07) is 13.9. The average molecular weight is 328 g/mol. The van der Waals surface area contributed by atoms with E-state index < -0.39 is 15.9 Å². The highest BCUT2D eigenvalue weighted by molar-refractivity contribution is 7.86. The smallest absolute Gasteiger partial charge is 0.293 e. The van der Waals surface area contributed by atoms with Crippen LogP contribution in [-0.4, -0.2) is 14.4 Å². The average Bonchev–Trinajstić information content (AvgIpc) is 2.53. The van der Waals surface area contributed by atoms with Gasteiger partial charge in [0.15, 0.2) is 0 Å². The predicted molar refractivity (Wildman–Crippen MR) is 92.4 cm³/mol. The van der Waals surface area contributed by atoms with Crippen LogP contribution in [0.5, 0.6) is 0 Å². The molecule has 0 spiro atoms. The fourth-order valence-electron chi connectivity index (χ4n) is 1.75. The number of rotatable bonds is 4. The van der Waals surface area contributed by atoms with Crippen molar-refractivity contribution in [1.29, 1.82) is 0 Å². The number of nitrogens with zero attached hydrogens (tertiary/aromatic N) is 1. The monoisotopic (exact) mass is 328 g/mol. The molecule has 0 radical (unpaired) electrons. The molecule has 5 nitrogen and oxygen atoms in total. The van der Waals surface area contributed by atoms with Gasteiger partial charge in [-0.05, 0) is 38.1 Å². The van der Waals surface area contributed by atoms with Crippen LogP contribution >= 0.6 is 0 Å². The van der Waals surface area contributed by atoms with Gasteiger partial charge in [-0.15, -0.1) is 0 Å². The third-order valence-corrected chi connectivity index (χ3v) is 4.23. The molecule has 1 N–H and O–H groups in total. The van der Waals surface area contributed by atoms with E-state index in [4.69, 9.17) is 0 Å². The number of benzene rings is 2. The van der Waals surface area contributed by atoms with Gasteiger partial charge < -0.3 is 0 Å². The van der Waals surface area contributed by atoms with E-state index in [1.54, 1.807) is 26.0 Å². The Morgan fingerprint density at radius 2 is 1.74 bits per heavy atom. The molecule has 6 heteroatoms. The van der Waals surface area contributed by atoms with E-state index in [-0.39, 0.29) is 16.6 Å². The molecule has 0 saturated heterocycles. The lowest BCUT2D eigenvalue weighted by Crippen LogP contribution is -2.15. The fraction of sp³-hybridized carbons (Fsp3) is 0.176. The van der Waals surface area contributed by atoms with E-state index in [0.29, 0.717) is 5.56 Å². The Bertz CT molecular complexity index is 792. The van der Waals surface area contributed by atoms with Gasteiger partial charge in [0, 0.05) is 22.4 Å². The Morgan fingerprint density at radius 3 is 2.35 bits per heavy atom. The number of hydrogen-bond acceptors (Lipinski definition) is 3. The van der Waals surface area contributed by atoms with Crippen LogP contribution in [0.2, 0.25) is 0 Å². The molecule has 0 aromatic heterocycles. The predicted octanol–water partition coefficient (Wildman–Crippen LogP) is 3.48. The van der Waals surface area contributed by atoms with Gasteiger partial charge in [-0.1, -0.05) is 30.0 Å². The summed E-state index contributed by atoms with van der Waals surface area (Å²) in [6.45, 7) is 3.54. The van der Waals surface area contributed by atoms with Crippen LogP contribution in [0.3, 0.4) is 0 Å². The number of nitro groups is 1. The molecule has 0 aliphatic heterocycles. The number of nitro benzene ring substituents is 1. The minimum Gasteiger partial charge on any atom is -0.299 e. The van der Waals surface area contributed by atoms with Crippen molar-refractivity contribution in [2.45, 2.75) is 19.1 Å². The van der Waals surface area contributed by atoms with E-state index in [0.717, 1.165) is 5.56 Å². The number of nitrogens with one attached hydrogen (secondary N) is 1. The first-order valence-electron chi connectivity index (χ1n) is 7.00. The first-order chi connectivity index (χ1) is 11.0. The molecule has 0 heterocycles. The van der Waals surface area contributed by atoms with Crippen LogP contribution in [-0.2, 0) is 11.0 Å². The molecular formula is C17H16N2O3S. The van der Waals surface area contributed by atoms with Crippen molar-refractivity contribution in [2.24, 2.45) is 0 Å². The summed E-state index contributed by atoms with van der Waals surface area (Å²) >= 11 is 0. The molecule has 2 rings (SSSR count). The highest BCUT2D eigenvalue weighted by Crippen LogP contribution is 2.26. The van der Waals surface area contributed by atoms with E-state index in [1.165, 1.54) is 6.07 Å². The second-order valence-electron chi connectivity index (χ2n) is 5.05. The Balaban J connectivity index is 2.35. The van der Waals surface area contributed by atoms with Crippen molar-refractivity contribution in [3.05, 3.63) is 69.8 Å². The summed E-state index contributed by atoms with van der Waals surface area (Å²) in [4.78, 5) is 10.6. The second-order valence-corrected chi connectivity index (χ2v) is 6.80. The summed E-state index contributed by atoms with van der Waals surface area (Å²) in [5.41, 5.74) is 1.56. The zero-order valence-electron chi connectivity index (χ0n) is 12.8. The van der Waals surface area contributed by atoms with E-state index in [9.17, 15) is 14.3 Å². The van der Waals surface area contributed by atoms with Crippen LogP contribution in [0.4, 0.5) is 11.4 Å². The SMILES string of the molecule is CC(C)S(=O)Nc1cc(C#Cc2ccccc2)ccc1[N+](=O)[O-]. The number of anilines is 1. The van der Waals surface area contributed by atoms with Gasteiger partial charge in [-0.3, -0.25) is 14.8 Å². The molecule has 0 saturated carbocycles. The van der Waals surface area contributed by atoms with Gasteiger partial charge in [0.1, 0.15) is 16.7 Å². The van der Waals surface area contributed by atoms with Gasteiger partial charge in [-0.2, -0.15) is 0 Å². The van der Waals surface area contributed by atoms with Gasteiger partial charge in [0.25, 0.3) is 5.69 Å². The highest BCUT2D eigenvalue weighted by Gasteiger charge is 2.16. The van der Waals surface area contributed by atoms with Crippen LogP contribution in [0.1, 0.15) is 25.0 Å². The van der Waals surface area contributed by atoms with Crippen molar-refractivity contribution in [1.82, 2.24) is 0 Å². The Hall–Kier alpha value is -2.65. The molecule has 1 atom stereocenters. The van der Waals surface area contributed by atoms with E-state index in [2.05, 4.69) is 16.6 Å². The van der Waals surface area contributed by atoms with E-state index in [1.807, 2.05) is 30.3 Å². The molecule has 118 valence electrons. The summed E-state index contributed by atoms with van der Waals surface area (Å²) in [7, 11) is -1.40. The van der Waals surface area contributed by atoms with Crippen LogP contribution in [0, 0.1) is 22.0 Å². The normalized spacial score (nSPS) is 11.4. The third kappa shape index (κ3) is 4.66. The van der Waals surface area contributed by atoms with Crippen molar-refractivity contribution in [2.75, 3.05) is 4.72 Å². The molecule has 0 bridgehead atoms. The maximum atomic E-state index is 11.9. The van der Waals surface area contributed by atoms with Gasteiger partial charge in [0.05, 0.1) is 4.92 Å². The lowest BCUT2D eigenvalue weighted by Gasteiger charge is -2.09. The van der Waals surface area contributed by atoms with Crippen molar-refractivity contribution in [3.63, 3.8) is 0 Å². The van der Waals surface area contributed by atoms with Gasteiger partial charge in [-0.25, -0.2) is 4.21 Å². The molecule has 0 fully saturated rings. The summed E-state index contributed by atoms with van der Waals surface area (Å²) in [5, 5.41) is 10.9.